The van der Waals surface area contributed by atoms with E-state index in [4.69, 9.17) is 9.16 Å². The van der Waals surface area contributed by atoms with Gasteiger partial charge in [0.1, 0.15) is 12.0 Å². The van der Waals surface area contributed by atoms with Crippen LogP contribution in [0, 0.1) is 17.8 Å². The number of carbonyl (C=O) groups is 2. The van der Waals surface area contributed by atoms with Gasteiger partial charge in [-0.1, -0.05) is 32.9 Å². The van der Waals surface area contributed by atoms with E-state index in [0.717, 1.165) is 36.9 Å². The Hall–Kier alpha value is -1.66. The van der Waals surface area contributed by atoms with E-state index >= 15 is 0 Å². The van der Waals surface area contributed by atoms with Gasteiger partial charge in [-0.05, 0) is 66.4 Å². The number of hydrogen-bond acceptors (Lipinski definition) is 5. The molecule has 0 unspecified atom stereocenters. The third-order valence-corrected chi connectivity index (χ3v) is 11.7. The fourth-order valence-electron chi connectivity index (χ4n) is 4.51. The minimum absolute atomic E-state index is 0.00265. The van der Waals surface area contributed by atoms with Gasteiger partial charge in [-0.15, -0.1) is 0 Å². The summed E-state index contributed by atoms with van der Waals surface area (Å²) in [6.07, 6.45) is 3.75. The van der Waals surface area contributed by atoms with Gasteiger partial charge < -0.3 is 18.7 Å². The summed E-state index contributed by atoms with van der Waals surface area (Å²) in [7, 11) is -0.589. The van der Waals surface area contributed by atoms with Crippen LogP contribution in [0.25, 0.3) is 0 Å². The van der Waals surface area contributed by atoms with Crippen molar-refractivity contribution in [3.05, 3.63) is 29.3 Å². The largest absolute Gasteiger partial charge is 0.482 e. The van der Waals surface area contributed by atoms with E-state index in [1.165, 1.54) is 12.7 Å². The first-order chi connectivity index (χ1) is 13.6. The number of carbonyl (C=O) groups excluding carboxylic acids is 2. The van der Waals surface area contributed by atoms with Crippen LogP contribution in [-0.4, -0.2) is 40.4 Å². The van der Waals surface area contributed by atoms with Crippen molar-refractivity contribution >= 4 is 20.6 Å². The molecule has 29 heavy (non-hydrogen) atoms. The van der Waals surface area contributed by atoms with Crippen molar-refractivity contribution in [1.29, 1.82) is 0 Å². The molecule has 0 bridgehead atoms. The lowest BCUT2D eigenvalue weighted by Gasteiger charge is -2.39. The van der Waals surface area contributed by atoms with Crippen molar-refractivity contribution in [1.82, 2.24) is 0 Å². The van der Waals surface area contributed by atoms with E-state index in [0.29, 0.717) is 11.8 Å². The highest BCUT2D eigenvalue weighted by molar-refractivity contribution is 6.74. The molecule has 0 N–H and O–H groups in total. The van der Waals surface area contributed by atoms with Gasteiger partial charge in [-0.25, -0.2) is 4.79 Å². The Labute approximate surface area is 175 Å². The van der Waals surface area contributed by atoms with Gasteiger partial charge in [-0.2, -0.15) is 0 Å². The highest BCUT2D eigenvalue weighted by Gasteiger charge is 2.49. The Morgan fingerprint density at radius 2 is 1.97 bits per heavy atom. The molecule has 6 heteroatoms. The summed E-state index contributed by atoms with van der Waals surface area (Å²) >= 11 is 0. The summed E-state index contributed by atoms with van der Waals surface area (Å²) in [6.45, 7) is 11.1. The molecule has 0 radical (unpaired) electrons. The molecular formula is C23H34O5Si. The highest BCUT2D eigenvalue weighted by atomic mass is 28.4. The van der Waals surface area contributed by atoms with Crippen molar-refractivity contribution < 1.29 is 23.5 Å². The Morgan fingerprint density at radius 1 is 1.24 bits per heavy atom. The fraction of sp³-hybridized carbons (Fsp3) is 0.652. The quantitative estimate of drug-likeness (QED) is 0.394. The molecule has 5 nitrogen and oxygen atoms in total. The van der Waals surface area contributed by atoms with E-state index < -0.39 is 8.32 Å². The molecule has 0 aliphatic heterocycles. The minimum atomic E-state index is -1.95. The second-order valence-corrected chi connectivity index (χ2v) is 14.7. The predicted molar refractivity (Wildman–Crippen MR) is 115 cm³/mol. The number of esters is 1. The first-order valence-corrected chi connectivity index (χ1v) is 13.4. The van der Waals surface area contributed by atoms with Gasteiger partial charge in [-0.3, -0.25) is 0 Å². The number of benzene rings is 1. The zero-order chi connectivity index (χ0) is 21.4. The van der Waals surface area contributed by atoms with Crippen molar-refractivity contribution in [2.45, 2.75) is 64.3 Å². The molecule has 2 aliphatic rings. The molecule has 1 aromatic carbocycles. The normalized spacial score (nSPS) is 26.4. The molecule has 0 amide bonds. The summed E-state index contributed by atoms with van der Waals surface area (Å²) in [5, 5.41) is 0.117. The summed E-state index contributed by atoms with van der Waals surface area (Å²) < 4.78 is 17.1. The lowest BCUT2D eigenvalue weighted by atomic mass is 9.75. The third-order valence-electron chi connectivity index (χ3n) is 7.20. The fourth-order valence-corrected chi connectivity index (χ4v) is 5.87. The third kappa shape index (κ3) is 4.43. The standard InChI is InChI=1S/C23H34O5Si/c1-23(2,3)29(5,6)28-21-12-16-11-18-15(10-17(16)19(21)13-24)8-7-9-20(18)27-14-22(25)26-4/h7-9,13,16-17,19,21H,10-12,14H2,1-6H3/t16-,17-,19+,21+/m0/s1. The van der Waals surface area contributed by atoms with Gasteiger partial charge in [0.2, 0.25) is 0 Å². The maximum atomic E-state index is 12.1. The van der Waals surface area contributed by atoms with Gasteiger partial charge in [0.25, 0.3) is 0 Å². The smallest absolute Gasteiger partial charge is 0.343 e. The van der Waals surface area contributed by atoms with Crippen LogP contribution in [0.1, 0.15) is 38.3 Å². The molecular weight excluding hydrogens is 384 g/mol. The molecule has 1 fully saturated rings. The van der Waals surface area contributed by atoms with E-state index in [2.05, 4.69) is 44.7 Å². The van der Waals surface area contributed by atoms with E-state index in [9.17, 15) is 9.59 Å². The predicted octanol–water partition coefficient (Wildman–Crippen LogP) is 4.18. The number of ether oxygens (including phenoxy) is 2. The average molecular weight is 419 g/mol. The summed E-state index contributed by atoms with van der Waals surface area (Å²) in [4.78, 5) is 23.5. The van der Waals surface area contributed by atoms with Crippen molar-refractivity contribution in [3.8, 4) is 5.75 Å². The maximum absolute atomic E-state index is 12.1. The molecule has 1 saturated carbocycles. The van der Waals surface area contributed by atoms with Crippen molar-refractivity contribution in [3.63, 3.8) is 0 Å². The van der Waals surface area contributed by atoms with Crippen LogP contribution in [0.5, 0.6) is 5.75 Å². The number of methoxy groups -OCH3 is 1. The van der Waals surface area contributed by atoms with Crippen LogP contribution in [0.3, 0.4) is 0 Å². The van der Waals surface area contributed by atoms with Crippen molar-refractivity contribution in [2.24, 2.45) is 17.8 Å². The molecule has 1 aromatic rings. The van der Waals surface area contributed by atoms with E-state index in [1.54, 1.807) is 0 Å². The first-order valence-electron chi connectivity index (χ1n) is 10.5. The Kier molecular flexibility index (Phi) is 6.25. The number of rotatable bonds is 6. The van der Waals surface area contributed by atoms with Crippen LogP contribution >= 0.6 is 0 Å². The SMILES string of the molecule is COC(=O)COc1cccc2c1C[C@H]1C[C@@H](O[Si](C)(C)C(C)(C)C)[C@H](C=O)[C@H]1C2. The molecule has 0 saturated heterocycles. The monoisotopic (exact) mass is 418 g/mol. The van der Waals surface area contributed by atoms with Gasteiger partial charge in [0.15, 0.2) is 14.9 Å². The van der Waals surface area contributed by atoms with Crippen LogP contribution in [0.15, 0.2) is 18.2 Å². The average Bonchev–Trinajstić information content (AvgIpc) is 2.98. The Bertz CT molecular complexity index is 767. The second-order valence-electron chi connectivity index (χ2n) is 9.96. The van der Waals surface area contributed by atoms with Gasteiger partial charge in [0, 0.05) is 5.92 Å². The number of aldehydes is 1. The molecule has 0 heterocycles. The topological polar surface area (TPSA) is 61.8 Å². The molecule has 160 valence electrons. The zero-order valence-corrected chi connectivity index (χ0v) is 19.5. The number of hydrogen-bond donors (Lipinski definition) is 0. The minimum Gasteiger partial charge on any atom is -0.482 e. The zero-order valence-electron chi connectivity index (χ0n) is 18.5. The van der Waals surface area contributed by atoms with Crippen LogP contribution in [-0.2, 0) is 31.6 Å². The summed E-state index contributed by atoms with van der Waals surface area (Å²) in [5.41, 5.74) is 2.38. The van der Waals surface area contributed by atoms with E-state index in [-0.39, 0.29) is 29.6 Å². The van der Waals surface area contributed by atoms with Gasteiger partial charge in [0.05, 0.1) is 13.2 Å². The van der Waals surface area contributed by atoms with Crippen LogP contribution in [0.4, 0.5) is 0 Å². The Morgan fingerprint density at radius 3 is 2.59 bits per heavy atom. The van der Waals surface area contributed by atoms with Crippen LogP contribution in [0.2, 0.25) is 18.1 Å². The first kappa shape index (κ1) is 22.0. The van der Waals surface area contributed by atoms with Crippen molar-refractivity contribution in [2.75, 3.05) is 13.7 Å². The number of fused-ring (bicyclic) bond motifs is 2. The van der Waals surface area contributed by atoms with Gasteiger partial charge >= 0.3 is 5.97 Å². The lowest BCUT2D eigenvalue weighted by Crippen LogP contribution is -2.45. The second kappa shape index (κ2) is 8.23. The Balaban J connectivity index is 1.79. The van der Waals surface area contributed by atoms with E-state index in [1.807, 2.05) is 12.1 Å². The molecule has 4 atom stereocenters. The molecule has 0 aromatic heterocycles. The summed E-state index contributed by atoms with van der Waals surface area (Å²) in [6, 6.07) is 5.98. The summed E-state index contributed by atoms with van der Waals surface area (Å²) in [5.74, 6) is 1.02. The molecule has 3 rings (SSSR count). The molecule has 2 aliphatic carbocycles. The highest BCUT2D eigenvalue weighted by Crippen LogP contribution is 2.49. The molecule has 0 spiro atoms. The van der Waals surface area contributed by atoms with Crippen LogP contribution < -0.4 is 4.74 Å². The lowest BCUT2D eigenvalue weighted by molar-refractivity contribution is -0.142. The maximum Gasteiger partial charge on any atom is 0.343 e.